The molecule has 0 spiro atoms. The Morgan fingerprint density at radius 2 is 2.24 bits per heavy atom. The van der Waals surface area contributed by atoms with Gasteiger partial charge in [0.2, 0.25) is 0 Å². The van der Waals surface area contributed by atoms with E-state index in [-0.39, 0.29) is 12.1 Å². The lowest BCUT2D eigenvalue weighted by atomic mass is 10.0. The van der Waals surface area contributed by atoms with Crippen LogP contribution in [0.1, 0.15) is 44.2 Å². The first-order chi connectivity index (χ1) is 7.88. The summed E-state index contributed by atoms with van der Waals surface area (Å²) >= 11 is 1.78. The highest BCUT2D eigenvalue weighted by atomic mass is 32.1. The summed E-state index contributed by atoms with van der Waals surface area (Å²) in [6, 6.07) is 2.24. The van der Waals surface area contributed by atoms with E-state index in [0.717, 1.165) is 13.0 Å². The summed E-state index contributed by atoms with van der Waals surface area (Å²) in [6.07, 6.45) is 0.734. The molecule has 94 valence electrons. The zero-order chi connectivity index (χ0) is 12.6. The number of hydrogen-bond acceptors (Lipinski definition) is 3. The first-order valence-corrected chi connectivity index (χ1v) is 6.82. The lowest BCUT2D eigenvalue weighted by Crippen LogP contribution is -2.41. The molecule has 1 aromatic rings. The number of carbonyl (C=O) groups excluding carboxylic acids is 1. The summed E-state index contributed by atoms with van der Waals surface area (Å²) in [4.78, 5) is 15.3. The van der Waals surface area contributed by atoms with E-state index >= 15 is 0 Å². The highest BCUT2D eigenvalue weighted by Crippen LogP contribution is 2.33. The summed E-state index contributed by atoms with van der Waals surface area (Å²) in [7, 11) is 0. The second-order valence-corrected chi connectivity index (χ2v) is 6.40. The van der Waals surface area contributed by atoms with Crippen molar-refractivity contribution < 1.29 is 9.53 Å². The number of hydrogen-bond donors (Lipinski definition) is 0. The van der Waals surface area contributed by atoms with E-state index in [9.17, 15) is 4.79 Å². The second kappa shape index (κ2) is 4.33. The Kier molecular flexibility index (Phi) is 3.17. The van der Waals surface area contributed by atoms with Crippen LogP contribution in [0.5, 0.6) is 0 Å². The van der Waals surface area contributed by atoms with E-state index in [1.165, 1.54) is 10.4 Å². The van der Waals surface area contributed by atoms with E-state index in [0.29, 0.717) is 0 Å². The van der Waals surface area contributed by atoms with E-state index in [4.69, 9.17) is 4.74 Å². The van der Waals surface area contributed by atoms with Crippen molar-refractivity contribution in [3.8, 4) is 0 Å². The first-order valence-electron chi connectivity index (χ1n) is 5.94. The van der Waals surface area contributed by atoms with Gasteiger partial charge in [-0.25, -0.2) is 4.79 Å². The van der Waals surface area contributed by atoms with Crippen LogP contribution in [0.15, 0.2) is 11.4 Å². The van der Waals surface area contributed by atoms with Crippen molar-refractivity contribution in [1.29, 1.82) is 0 Å². The Morgan fingerprint density at radius 3 is 2.88 bits per heavy atom. The van der Waals surface area contributed by atoms with Crippen LogP contribution in [-0.2, 0) is 11.2 Å². The molecule has 0 bridgehead atoms. The summed E-state index contributed by atoms with van der Waals surface area (Å²) in [5.41, 5.74) is 0.846. The summed E-state index contributed by atoms with van der Waals surface area (Å²) in [5, 5.41) is 2.10. The zero-order valence-corrected chi connectivity index (χ0v) is 11.6. The molecule has 2 heterocycles. The first kappa shape index (κ1) is 12.4. The highest BCUT2D eigenvalue weighted by Gasteiger charge is 2.31. The van der Waals surface area contributed by atoms with Gasteiger partial charge in [0.15, 0.2) is 0 Å². The zero-order valence-electron chi connectivity index (χ0n) is 10.8. The van der Waals surface area contributed by atoms with Crippen molar-refractivity contribution in [3.05, 3.63) is 21.9 Å². The maximum atomic E-state index is 12.1. The molecule has 1 aliphatic rings. The summed E-state index contributed by atoms with van der Waals surface area (Å²) in [6.45, 7) is 8.51. The Bertz CT molecular complexity index is 419. The van der Waals surface area contributed by atoms with Gasteiger partial charge < -0.3 is 9.64 Å². The monoisotopic (exact) mass is 253 g/mol. The third-order valence-corrected chi connectivity index (χ3v) is 3.90. The Morgan fingerprint density at radius 1 is 1.53 bits per heavy atom. The fourth-order valence-corrected chi connectivity index (χ4v) is 3.04. The van der Waals surface area contributed by atoms with Crippen molar-refractivity contribution in [3.63, 3.8) is 0 Å². The minimum absolute atomic E-state index is 0.125. The van der Waals surface area contributed by atoms with Crippen LogP contribution in [0.25, 0.3) is 0 Å². The molecule has 4 heteroatoms. The molecule has 1 aliphatic heterocycles. The quantitative estimate of drug-likeness (QED) is 0.707. The van der Waals surface area contributed by atoms with Gasteiger partial charge in [0, 0.05) is 11.4 Å². The van der Waals surface area contributed by atoms with Crippen molar-refractivity contribution in [1.82, 2.24) is 4.90 Å². The smallest absolute Gasteiger partial charge is 0.410 e. The molecule has 17 heavy (non-hydrogen) atoms. The summed E-state index contributed by atoms with van der Waals surface area (Å²) < 4.78 is 5.43. The van der Waals surface area contributed by atoms with Gasteiger partial charge in [-0.1, -0.05) is 0 Å². The molecular weight excluding hydrogens is 234 g/mol. The molecule has 0 aromatic carbocycles. The third kappa shape index (κ3) is 2.63. The fraction of sp³-hybridized carbons (Fsp3) is 0.615. The topological polar surface area (TPSA) is 29.5 Å². The molecule has 0 aliphatic carbocycles. The van der Waals surface area contributed by atoms with Gasteiger partial charge in [-0.15, -0.1) is 11.3 Å². The van der Waals surface area contributed by atoms with Crippen LogP contribution in [-0.4, -0.2) is 23.1 Å². The minimum atomic E-state index is -0.425. The van der Waals surface area contributed by atoms with Gasteiger partial charge in [0.1, 0.15) is 5.60 Å². The molecule has 0 unspecified atom stereocenters. The molecule has 0 fully saturated rings. The second-order valence-electron chi connectivity index (χ2n) is 5.40. The van der Waals surface area contributed by atoms with E-state index < -0.39 is 5.60 Å². The predicted molar refractivity (Wildman–Crippen MR) is 69.4 cm³/mol. The highest BCUT2D eigenvalue weighted by molar-refractivity contribution is 7.10. The predicted octanol–water partition coefficient (Wildman–Crippen LogP) is 3.60. The molecule has 0 N–H and O–H groups in total. The molecule has 0 saturated carbocycles. The van der Waals surface area contributed by atoms with Gasteiger partial charge in [0.05, 0.1) is 6.04 Å². The van der Waals surface area contributed by atoms with Crippen molar-refractivity contribution in [2.45, 2.75) is 45.8 Å². The summed E-state index contributed by atoms with van der Waals surface area (Å²) in [5.74, 6) is 0. The van der Waals surface area contributed by atoms with Gasteiger partial charge in [-0.2, -0.15) is 0 Å². The van der Waals surface area contributed by atoms with Gasteiger partial charge in [0.25, 0.3) is 0 Å². The number of carbonyl (C=O) groups is 1. The average molecular weight is 253 g/mol. The van der Waals surface area contributed by atoms with Gasteiger partial charge in [-0.3, -0.25) is 0 Å². The Labute approximate surface area is 106 Å². The SMILES string of the molecule is C[C@H]1c2ccsc2CCN1C(=O)OC(C)(C)C. The number of fused-ring (bicyclic) bond motifs is 1. The largest absolute Gasteiger partial charge is 0.444 e. The third-order valence-electron chi connectivity index (χ3n) is 2.91. The lowest BCUT2D eigenvalue weighted by Gasteiger charge is -2.34. The van der Waals surface area contributed by atoms with E-state index in [2.05, 4.69) is 18.4 Å². The van der Waals surface area contributed by atoms with Crippen LogP contribution >= 0.6 is 11.3 Å². The normalized spacial score (nSPS) is 20.0. The van der Waals surface area contributed by atoms with E-state index in [1.54, 1.807) is 11.3 Å². The Hall–Kier alpha value is -1.03. The molecule has 2 rings (SSSR count). The number of thiophene rings is 1. The Balaban J connectivity index is 2.12. The molecule has 0 radical (unpaired) electrons. The van der Waals surface area contributed by atoms with Crippen LogP contribution in [0.2, 0.25) is 0 Å². The van der Waals surface area contributed by atoms with Gasteiger partial charge >= 0.3 is 6.09 Å². The molecule has 1 amide bonds. The molecule has 1 atom stereocenters. The minimum Gasteiger partial charge on any atom is -0.444 e. The lowest BCUT2D eigenvalue weighted by molar-refractivity contribution is 0.0161. The van der Waals surface area contributed by atoms with Crippen molar-refractivity contribution in [2.75, 3.05) is 6.54 Å². The molecule has 1 aromatic heterocycles. The van der Waals surface area contributed by atoms with E-state index in [1.807, 2.05) is 25.7 Å². The van der Waals surface area contributed by atoms with Crippen LogP contribution in [0, 0.1) is 0 Å². The maximum absolute atomic E-state index is 12.1. The van der Waals surface area contributed by atoms with Crippen LogP contribution in [0.4, 0.5) is 4.79 Å². The average Bonchev–Trinajstić information content (AvgIpc) is 2.63. The van der Waals surface area contributed by atoms with Crippen LogP contribution < -0.4 is 0 Å². The van der Waals surface area contributed by atoms with Crippen molar-refractivity contribution in [2.24, 2.45) is 0 Å². The molecule has 0 saturated heterocycles. The molecular formula is C13H19NO2S. The standard InChI is InChI=1S/C13H19NO2S/c1-9-10-6-8-17-11(10)5-7-14(9)12(15)16-13(2,3)4/h6,8-9H,5,7H2,1-4H3/t9-/m0/s1. The number of rotatable bonds is 0. The number of amides is 1. The van der Waals surface area contributed by atoms with Crippen LogP contribution in [0.3, 0.4) is 0 Å². The molecule has 3 nitrogen and oxygen atoms in total. The fourth-order valence-electron chi connectivity index (χ4n) is 2.08. The van der Waals surface area contributed by atoms with Gasteiger partial charge in [-0.05, 0) is 51.1 Å². The van der Waals surface area contributed by atoms with Crippen molar-refractivity contribution >= 4 is 17.4 Å². The number of ether oxygens (including phenoxy) is 1. The maximum Gasteiger partial charge on any atom is 0.410 e. The number of nitrogens with zero attached hydrogens (tertiary/aromatic N) is 1.